The van der Waals surface area contributed by atoms with Gasteiger partial charge in [-0.2, -0.15) is 11.8 Å². The van der Waals surface area contributed by atoms with Crippen LogP contribution in [0.5, 0.6) is 0 Å². The Labute approximate surface area is 171 Å². The number of carbonyl (C=O) groups is 1. The molecule has 0 aliphatic carbocycles. The maximum atomic E-state index is 12.4. The van der Waals surface area contributed by atoms with Crippen molar-refractivity contribution in [3.05, 3.63) is 30.1 Å². The number of rotatable bonds is 7. The van der Waals surface area contributed by atoms with Gasteiger partial charge in [0.15, 0.2) is 0 Å². The molecule has 1 aromatic carbocycles. The summed E-state index contributed by atoms with van der Waals surface area (Å²) < 4.78 is 2.03. The van der Waals surface area contributed by atoms with Crippen molar-refractivity contribution in [2.45, 2.75) is 12.3 Å². The van der Waals surface area contributed by atoms with E-state index in [2.05, 4.69) is 26.8 Å². The molecule has 1 saturated heterocycles. The lowest BCUT2D eigenvalue weighted by molar-refractivity contribution is -0.121. The smallest absolute Gasteiger partial charge is 0.240 e. The molecule has 26 heavy (non-hydrogen) atoms. The van der Waals surface area contributed by atoms with Crippen LogP contribution in [-0.2, 0) is 17.1 Å². The Morgan fingerprint density at radius 2 is 2.00 bits per heavy atom. The number of hydrogen-bond donors (Lipinski definition) is 2. The highest BCUT2D eigenvalue weighted by Crippen LogP contribution is 2.18. The first-order valence-corrected chi connectivity index (χ1v) is 9.80. The highest BCUT2D eigenvalue weighted by atomic mass is 35.5. The van der Waals surface area contributed by atoms with Crippen LogP contribution in [0.15, 0.2) is 24.3 Å². The number of halogens is 2. The number of thioether (sulfide) groups is 1. The van der Waals surface area contributed by atoms with Gasteiger partial charge in [-0.1, -0.05) is 12.1 Å². The lowest BCUT2D eigenvalue weighted by Crippen LogP contribution is -2.46. The van der Waals surface area contributed by atoms with Gasteiger partial charge in [0.2, 0.25) is 5.91 Å². The molecule has 3 rings (SSSR count). The molecule has 0 radical (unpaired) electrons. The van der Waals surface area contributed by atoms with Crippen molar-refractivity contribution in [3.8, 4) is 0 Å². The van der Waals surface area contributed by atoms with Crippen molar-refractivity contribution in [3.63, 3.8) is 0 Å². The zero-order valence-electron chi connectivity index (χ0n) is 14.9. The molecule has 0 bridgehead atoms. The van der Waals surface area contributed by atoms with Crippen LogP contribution in [0.1, 0.15) is 5.82 Å². The maximum absolute atomic E-state index is 12.4. The Hall–Kier alpha value is -0.990. The van der Waals surface area contributed by atoms with E-state index in [-0.39, 0.29) is 30.7 Å². The summed E-state index contributed by atoms with van der Waals surface area (Å²) in [5.41, 5.74) is 1.98. The summed E-state index contributed by atoms with van der Waals surface area (Å²) in [4.78, 5) is 19.4. The average molecular weight is 420 g/mol. The molecule has 146 valence electrons. The zero-order valence-corrected chi connectivity index (χ0v) is 17.4. The van der Waals surface area contributed by atoms with Crippen molar-refractivity contribution in [2.24, 2.45) is 0 Å². The van der Waals surface area contributed by atoms with E-state index in [0.29, 0.717) is 13.1 Å². The van der Waals surface area contributed by atoms with Gasteiger partial charge in [0, 0.05) is 39.3 Å². The number of piperazine rings is 1. The van der Waals surface area contributed by atoms with Gasteiger partial charge in [-0.15, -0.1) is 24.8 Å². The fourth-order valence-electron chi connectivity index (χ4n) is 3.03. The van der Waals surface area contributed by atoms with Gasteiger partial charge >= 0.3 is 0 Å². The standard InChI is InChI=1S/C17H25N5OS.2ClH/c1-24-13-16-20-14-4-2-3-5-15(14)22(16)12-17(23)19-8-11-21-9-6-18-7-10-21;;/h2-5,18H,6-13H2,1H3,(H,19,23);2*1H. The number of carbonyl (C=O) groups excluding carboxylic acids is 1. The van der Waals surface area contributed by atoms with Gasteiger partial charge < -0.3 is 15.2 Å². The molecular formula is C17H27Cl2N5OS. The fraction of sp³-hybridized carbons (Fsp3) is 0.529. The number of hydrogen-bond acceptors (Lipinski definition) is 5. The maximum Gasteiger partial charge on any atom is 0.240 e. The highest BCUT2D eigenvalue weighted by molar-refractivity contribution is 7.97. The Morgan fingerprint density at radius 1 is 1.27 bits per heavy atom. The molecule has 1 aliphatic rings. The Balaban J connectivity index is 0.00000169. The van der Waals surface area contributed by atoms with Gasteiger partial charge in [-0.25, -0.2) is 4.98 Å². The summed E-state index contributed by atoms with van der Waals surface area (Å²) in [6.45, 7) is 6.12. The number of amides is 1. The third kappa shape index (κ3) is 6.03. The number of imidazole rings is 1. The van der Waals surface area contributed by atoms with Crippen molar-refractivity contribution < 1.29 is 4.79 Å². The van der Waals surface area contributed by atoms with Crippen LogP contribution in [0.2, 0.25) is 0 Å². The van der Waals surface area contributed by atoms with E-state index in [1.165, 1.54) is 0 Å². The van der Waals surface area contributed by atoms with Crippen molar-refractivity contribution in [1.82, 2.24) is 25.1 Å². The lowest BCUT2D eigenvalue weighted by Gasteiger charge is -2.27. The first-order chi connectivity index (χ1) is 11.8. The summed E-state index contributed by atoms with van der Waals surface area (Å²) in [6, 6.07) is 8.00. The largest absolute Gasteiger partial charge is 0.353 e. The van der Waals surface area contributed by atoms with Gasteiger partial charge in [0.05, 0.1) is 16.8 Å². The molecule has 1 amide bonds. The first kappa shape index (κ1) is 23.0. The molecule has 0 unspecified atom stereocenters. The number of aromatic nitrogens is 2. The van der Waals surface area contributed by atoms with Crippen LogP contribution < -0.4 is 10.6 Å². The lowest BCUT2D eigenvalue weighted by atomic mass is 10.3. The molecule has 0 atom stereocenters. The molecule has 6 nitrogen and oxygen atoms in total. The predicted octanol–water partition coefficient (Wildman–Crippen LogP) is 1.76. The van der Waals surface area contributed by atoms with Crippen LogP contribution in [0.25, 0.3) is 11.0 Å². The zero-order chi connectivity index (χ0) is 16.8. The fourth-order valence-corrected chi connectivity index (χ4v) is 3.51. The number of nitrogens with zero attached hydrogens (tertiary/aromatic N) is 3. The van der Waals surface area contributed by atoms with Crippen LogP contribution >= 0.6 is 36.6 Å². The molecule has 9 heteroatoms. The number of nitrogens with one attached hydrogen (secondary N) is 2. The van der Waals surface area contributed by atoms with Gasteiger partial charge in [-0.3, -0.25) is 9.69 Å². The van der Waals surface area contributed by atoms with E-state index < -0.39 is 0 Å². The van der Waals surface area contributed by atoms with Gasteiger partial charge in [0.25, 0.3) is 0 Å². The molecular weight excluding hydrogens is 393 g/mol. The van der Waals surface area contributed by atoms with E-state index in [1.807, 2.05) is 28.8 Å². The van der Waals surface area contributed by atoms with Crippen LogP contribution in [0.3, 0.4) is 0 Å². The van der Waals surface area contributed by atoms with E-state index in [0.717, 1.165) is 55.3 Å². The minimum absolute atomic E-state index is 0. The number of benzene rings is 1. The van der Waals surface area contributed by atoms with E-state index in [1.54, 1.807) is 11.8 Å². The second-order valence-electron chi connectivity index (χ2n) is 5.98. The Morgan fingerprint density at radius 3 is 2.73 bits per heavy atom. The van der Waals surface area contributed by atoms with Crippen molar-refractivity contribution in [1.29, 1.82) is 0 Å². The van der Waals surface area contributed by atoms with E-state index in [9.17, 15) is 4.79 Å². The second kappa shape index (κ2) is 11.7. The molecule has 2 aromatic rings. The highest BCUT2D eigenvalue weighted by Gasteiger charge is 2.14. The minimum atomic E-state index is 0. The molecule has 2 heterocycles. The number of fused-ring (bicyclic) bond motifs is 1. The third-order valence-electron chi connectivity index (χ3n) is 4.27. The number of para-hydroxylation sites is 2. The topological polar surface area (TPSA) is 62.2 Å². The quantitative estimate of drug-likeness (QED) is 0.715. The SMILES string of the molecule is CSCc1nc2ccccc2n1CC(=O)NCCN1CCNCC1.Cl.Cl. The second-order valence-corrected chi connectivity index (χ2v) is 6.84. The average Bonchev–Trinajstić information content (AvgIpc) is 2.94. The van der Waals surface area contributed by atoms with Crippen molar-refractivity contribution >= 4 is 53.5 Å². The predicted molar refractivity (Wildman–Crippen MR) is 114 cm³/mol. The summed E-state index contributed by atoms with van der Waals surface area (Å²) in [6.07, 6.45) is 2.05. The van der Waals surface area contributed by atoms with Crippen LogP contribution in [-0.4, -0.2) is 65.9 Å². The van der Waals surface area contributed by atoms with E-state index >= 15 is 0 Å². The Bertz CT molecular complexity index is 691. The normalized spacial score (nSPS) is 14.5. The molecule has 1 aliphatic heterocycles. The van der Waals surface area contributed by atoms with Crippen LogP contribution in [0, 0.1) is 0 Å². The van der Waals surface area contributed by atoms with Gasteiger partial charge in [-0.05, 0) is 18.4 Å². The van der Waals surface area contributed by atoms with Gasteiger partial charge in [0.1, 0.15) is 12.4 Å². The summed E-state index contributed by atoms with van der Waals surface area (Å²) in [5, 5.41) is 6.38. The molecule has 2 N–H and O–H groups in total. The molecule has 0 spiro atoms. The summed E-state index contributed by atoms with van der Waals surface area (Å²) in [5.74, 6) is 1.82. The van der Waals surface area contributed by atoms with Crippen LogP contribution in [0.4, 0.5) is 0 Å². The molecule has 1 fully saturated rings. The minimum Gasteiger partial charge on any atom is -0.353 e. The molecule has 0 saturated carbocycles. The monoisotopic (exact) mass is 419 g/mol. The Kier molecular flexibility index (Phi) is 10.3. The van der Waals surface area contributed by atoms with Crippen molar-refractivity contribution in [2.75, 3.05) is 45.5 Å². The van der Waals surface area contributed by atoms with E-state index in [4.69, 9.17) is 0 Å². The third-order valence-corrected chi connectivity index (χ3v) is 4.82. The molecule has 1 aromatic heterocycles. The first-order valence-electron chi connectivity index (χ1n) is 8.41. The summed E-state index contributed by atoms with van der Waals surface area (Å²) >= 11 is 1.72. The summed E-state index contributed by atoms with van der Waals surface area (Å²) in [7, 11) is 0.